The molecular weight excluding hydrogens is 144 g/mol. The van der Waals surface area contributed by atoms with Gasteiger partial charge in [0.25, 0.3) is 0 Å². The van der Waals surface area contributed by atoms with Crippen molar-refractivity contribution in [3.8, 4) is 0 Å². The van der Waals surface area contributed by atoms with E-state index in [2.05, 4.69) is 20.8 Å². The molecule has 0 aliphatic carbocycles. The quantitative estimate of drug-likeness (QED) is 0.424. The zero-order chi connectivity index (χ0) is 8.04. The van der Waals surface area contributed by atoms with Crippen LogP contribution in [0.5, 0.6) is 0 Å². The largest absolute Gasteiger partial charge is 0.120 e. The molecule has 0 aromatic rings. The van der Waals surface area contributed by atoms with Crippen LogP contribution in [0.15, 0.2) is 0 Å². The zero-order valence-corrected chi connectivity index (χ0v) is 8.17. The predicted octanol–water partition coefficient (Wildman–Crippen LogP) is 3.97. The first-order valence-electron chi connectivity index (χ1n) is 4.31. The van der Waals surface area contributed by atoms with E-state index in [0.717, 1.165) is 6.42 Å². The van der Waals surface area contributed by atoms with Crippen LogP contribution in [0.4, 0.5) is 0 Å². The van der Waals surface area contributed by atoms with Crippen molar-refractivity contribution < 1.29 is 0 Å². The Kier molecular flexibility index (Phi) is 5.15. The third-order valence-electron chi connectivity index (χ3n) is 2.04. The number of unbranched alkanes of at least 4 members (excludes halogenated alkanes) is 2. The summed E-state index contributed by atoms with van der Waals surface area (Å²) in [7, 11) is 0. The number of halogens is 1. The fraction of sp³-hybridized carbons (Fsp3) is 1.00. The lowest BCUT2D eigenvalue weighted by Crippen LogP contribution is -2.13. The van der Waals surface area contributed by atoms with E-state index < -0.39 is 0 Å². The van der Waals surface area contributed by atoms with Crippen LogP contribution in [0, 0.1) is 0 Å². The highest BCUT2D eigenvalue weighted by Gasteiger charge is 2.16. The SMILES string of the molecule is CCCCC[C@](C)(Cl)CC. The minimum absolute atomic E-state index is 0.0647. The van der Waals surface area contributed by atoms with Crippen LogP contribution in [0.3, 0.4) is 0 Å². The second-order valence-corrected chi connectivity index (χ2v) is 4.14. The molecule has 0 bridgehead atoms. The van der Waals surface area contributed by atoms with Gasteiger partial charge in [0, 0.05) is 4.87 Å². The number of rotatable bonds is 5. The molecule has 0 radical (unpaired) electrons. The average molecular weight is 163 g/mol. The zero-order valence-electron chi connectivity index (χ0n) is 7.41. The van der Waals surface area contributed by atoms with Crippen molar-refractivity contribution in [1.29, 1.82) is 0 Å². The van der Waals surface area contributed by atoms with Crippen LogP contribution >= 0.6 is 11.6 Å². The predicted molar refractivity (Wildman–Crippen MR) is 48.7 cm³/mol. The Morgan fingerprint density at radius 2 is 1.80 bits per heavy atom. The molecule has 0 nitrogen and oxygen atoms in total. The Morgan fingerprint density at radius 1 is 1.20 bits per heavy atom. The summed E-state index contributed by atoms with van der Waals surface area (Å²) < 4.78 is 0. The van der Waals surface area contributed by atoms with E-state index in [1.165, 1.54) is 25.7 Å². The first-order chi connectivity index (χ1) is 4.62. The molecule has 0 N–H and O–H groups in total. The first-order valence-corrected chi connectivity index (χ1v) is 4.69. The van der Waals surface area contributed by atoms with Crippen molar-refractivity contribution in [2.24, 2.45) is 0 Å². The van der Waals surface area contributed by atoms with Gasteiger partial charge in [-0.3, -0.25) is 0 Å². The fourth-order valence-electron chi connectivity index (χ4n) is 0.920. The summed E-state index contributed by atoms with van der Waals surface area (Å²) in [6.07, 6.45) is 6.14. The van der Waals surface area contributed by atoms with E-state index in [0.29, 0.717) is 0 Å². The molecule has 1 heteroatoms. The fourth-order valence-corrected chi connectivity index (χ4v) is 1.05. The molecule has 0 saturated carbocycles. The van der Waals surface area contributed by atoms with Crippen LogP contribution in [0.25, 0.3) is 0 Å². The minimum atomic E-state index is 0.0647. The number of hydrogen-bond donors (Lipinski definition) is 0. The third kappa shape index (κ3) is 5.10. The molecule has 0 saturated heterocycles. The molecule has 0 heterocycles. The highest BCUT2D eigenvalue weighted by molar-refractivity contribution is 6.23. The van der Waals surface area contributed by atoms with Gasteiger partial charge in [0.05, 0.1) is 0 Å². The molecular formula is C9H19Cl. The Labute approximate surface area is 70.0 Å². The van der Waals surface area contributed by atoms with Crippen LogP contribution in [0.1, 0.15) is 52.9 Å². The molecule has 0 spiro atoms. The van der Waals surface area contributed by atoms with Gasteiger partial charge in [0.15, 0.2) is 0 Å². The van der Waals surface area contributed by atoms with Crippen LogP contribution < -0.4 is 0 Å². The van der Waals surface area contributed by atoms with E-state index in [1.807, 2.05) is 0 Å². The molecule has 0 aliphatic heterocycles. The summed E-state index contributed by atoms with van der Waals surface area (Å²) in [6, 6.07) is 0. The molecule has 0 aliphatic rings. The van der Waals surface area contributed by atoms with E-state index in [9.17, 15) is 0 Å². The van der Waals surface area contributed by atoms with Crippen LogP contribution in [-0.2, 0) is 0 Å². The monoisotopic (exact) mass is 162 g/mol. The number of hydrogen-bond acceptors (Lipinski definition) is 0. The Bertz CT molecular complexity index is 76.8. The normalized spacial score (nSPS) is 16.8. The summed E-state index contributed by atoms with van der Waals surface area (Å²) in [5.41, 5.74) is 0. The lowest BCUT2D eigenvalue weighted by atomic mass is 10.0. The number of alkyl halides is 1. The van der Waals surface area contributed by atoms with Crippen molar-refractivity contribution in [3.05, 3.63) is 0 Å². The third-order valence-corrected chi connectivity index (χ3v) is 2.50. The Hall–Kier alpha value is 0.290. The van der Waals surface area contributed by atoms with Crippen molar-refractivity contribution in [3.63, 3.8) is 0 Å². The van der Waals surface area contributed by atoms with Crippen LogP contribution in [0.2, 0.25) is 0 Å². The van der Waals surface area contributed by atoms with E-state index in [4.69, 9.17) is 11.6 Å². The highest BCUT2D eigenvalue weighted by atomic mass is 35.5. The highest BCUT2D eigenvalue weighted by Crippen LogP contribution is 2.25. The van der Waals surface area contributed by atoms with Crippen molar-refractivity contribution in [2.45, 2.75) is 57.7 Å². The van der Waals surface area contributed by atoms with Gasteiger partial charge in [0.1, 0.15) is 0 Å². The van der Waals surface area contributed by atoms with Gasteiger partial charge < -0.3 is 0 Å². The first kappa shape index (κ1) is 10.3. The summed E-state index contributed by atoms with van der Waals surface area (Å²) in [5, 5.41) is 0. The van der Waals surface area contributed by atoms with Gasteiger partial charge in [0.2, 0.25) is 0 Å². The second-order valence-electron chi connectivity index (χ2n) is 3.22. The average Bonchev–Trinajstić information content (AvgIpc) is 1.89. The van der Waals surface area contributed by atoms with Gasteiger partial charge in [-0.05, 0) is 19.8 Å². The van der Waals surface area contributed by atoms with E-state index in [-0.39, 0.29) is 4.87 Å². The van der Waals surface area contributed by atoms with Gasteiger partial charge in [-0.2, -0.15) is 0 Å². The standard InChI is InChI=1S/C9H19Cl/c1-4-6-7-8-9(3,10)5-2/h4-8H2,1-3H3/t9-/m1/s1. The van der Waals surface area contributed by atoms with E-state index >= 15 is 0 Å². The minimum Gasteiger partial charge on any atom is -0.120 e. The lowest BCUT2D eigenvalue weighted by molar-refractivity contribution is 0.516. The Morgan fingerprint density at radius 3 is 2.20 bits per heavy atom. The summed E-state index contributed by atoms with van der Waals surface area (Å²) in [5.74, 6) is 0. The van der Waals surface area contributed by atoms with Gasteiger partial charge >= 0.3 is 0 Å². The second kappa shape index (κ2) is 5.01. The Balaban J connectivity index is 3.28. The molecule has 1 atom stereocenters. The maximum atomic E-state index is 6.16. The maximum Gasteiger partial charge on any atom is 0.0416 e. The van der Waals surface area contributed by atoms with Gasteiger partial charge in [-0.1, -0.05) is 33.1 Å². The van der Waals surface area contributed by atoms with Gasteiger partial charge in [-0.25, -0.2) is 0 Å². The molecule has 0 rings (SSSR count). The summed E-state index contributed by atoms with van der Waals surface area (Å²) >= 11 is 6.16. The summed E-state index contributed by atoms with van der Waals surface area (Å²) in [6.45, 7) is 6.50. The molecule has 62 valence electrons. The summed E-state index contributed by atoms with van der Waals surface area (Å²) in [4.78, 5) is 0.0647. The maximum absolute atomic E-state index is 6.16. The molecule has 0 aromatic carbocycles. The lowest BCUT2D eigenvalue weighted by Gasteiger charge is -2.18. The molecule has 10 heavy (non-hydrogen) atoms. The van der Waals surface area contributed by atoms with Crippen molar-refractivity contribution in [1.82, 2.24) is 0 Å². The molecule has 0 aromatic heterocycles. The van der Waals surface area contributed by atoms with E-state index in [1.54, 1.807) is 0 Å². The van der Waals surface area contributed by atoms with Crippen LogP contribution in [-0.4, -0.2) is 4.87 Å². The molecule has 0 unspecified atom stereocenters. The van der Waals surface area contributed by atoms with Gasteiger partial charge in [-0.15, -0.1) is 11.6 Å². The van der Waals surface area contributed by atoms with Crippen molar-refractivity contribution in [2.75, 3.05) is 0 Å². The van der Waals surface area contributed by atoms with Crippen molar-refractivity contribution >= 4 is 11.6 Å². The topological polar surface area (TPSA) is 0 Å². The molecule has 0 amide bonds. The smallest absolute Gasteiger partial charge is 0.0416 e. The molecule has 0 fully saturated rings.